The van der Waals surface area contributed by atoms with E-state index < -0.39 is 5.54 Å². The summed E-state index contributed by atoms with van der Waals surface area (Å²) < 4.78 is 5.15. The van der Waals surface area contributed by atoms with Gasteiger partial charge in [-0.2, -0.15) is 0 Å². The SMILES string of the molecule is CCOC(=O)C(C)(CN(CC)CCCN(C)C)NC. The highest BCUT2D eigenvalue weighted by atomic mass is 16.5. The van der Waals surface area contributed by atoms with E-state index in [-0.39, 0.29) is 5.97 Å². The highest BCUT2D eigenvalue weighted by Gasteiger charge is 2.34. The monoisotopic (exact) mass is 273 g/mol. The van der Waals surface area contributed by atoms with Crippen LogP contribution in [-0.2, 0) is 9.53 Å². The minimum atomic E-state index is -0.635. The van der Waals surface area contributed by atoms with Crippen LogP contribution in [0.3, 0.4) is 0 Å². The molecule has 0 spiro atoms. The van der Waals surface area contributed by atoms with Crippen molar-refractivity contribution in [2.24, 2.45) is 0 Å². The number of rotatable bonds is 10. The fraction of sp³-hybridized carbons (Fsp3) is 0.929. The lowest BCUT2D eigenvalue weighted by atomic mass is 10.0. The lowest BCUT2D eigenvalue weighted by molar-refractivity contribution is -0.151. The molecule has 0 aromatic rings. The highest BCUT2D eigenvalue weighted by molar-refractivity contribution is 5.80. The fourth-order valence-electron chi connectivity index (χ4n) is 1.94. The summed E-state index contributed by atoms with van der Waals surface area (Å²) in [6, 6.07) is 0. The van der Waals surface area contributed by atoms with Crippen LogP contribution in [0.15, 0.2) is 0 Å². The number of carbonyl (C=O) groups is 1. The van der Waals surface area contributed by atoms with Gasteiger partial charge in [0.1, 0.15) is 5.54 Å². The molecular formula is C14H31N3O2. The van der Waals surface area contributed by atoms with E-state index in [4.69, 9.17) is 4.74 Å². The number of nitrogens with zero attached hydrogens (tertiary/aromatic N) is 2. The van der Waals surface area contributed by atoms with Gasteiger partial charge in [0, 0.05) is 6.54 Å². The molecule has 1 N–H and O–H groups in total. The maximum absolute atomic E-state index is 12.0. The minimum absolute atomic E-state index is 0.177. The summed E-state index contributed by atoms with van der Waals surface area (Å²) in [5, 5.41) is 3.10. The zero-order valence-corrected chi connectivity index (χ0v) is 13.5. The molecule has 0 aliphatic carbocycles. The molecule has 0 heterocycles. The summed E-state index contributed by atoms with van der Waals surface area (Å²) in [4.78, 5) is 16.5. The van der Waals surface area contributed by atoms with E-state index in [0.717, 1.165) is 26.1 Å². The Hall–Kier alpha value is -0.650. The van der Waals surface area contributed by atoms with E-state index in [1.165, 1.54) is 0 Å². The number of esters is 1. The van der Waals surface area contributed by atoms with E-state index in [1.807, 2.05) is 20.9 Å². The van der Waals surface area contributed by atoms with Crippen molar-refractivity contribution < 1.29 is 9.53 Å². The molecule has 0 amide bonds. The van der Waals surface area contributed by atoms with E-state index in [1.54, 1.807) is 0 Å². The molecular weight excluding hydrogens is 242 g/mol. The molecule has 0 radical (unpaired) electrons. The molecule has 0 saturated heterocycles. The maximum atomic E-state index is 12.0. The molecule has 0 saturated carbocycles. The van der Waals surface area contributed by atoms with Gasteiger partial charge in [-0.3, -0.25) is 4.79 Å². The summed E-state index contributed by atoms with van der Waals surface area (Å²) in [7, 11) is 5.96. The Bertz CT molecular complexity index is 259. The van der Waals surface area contributed by atoms with Crippen molar-refractivity contribution in [1.82, 2.24) is 15.1 Å². The first kappa shape index (κ1) is 18.4. The summed E-state index contributed by atoms with van der Waals surface area (Å²) in [5.74, 6) is -0.177. The molecule has 5 nitrogen and oxygen atoms in total. The number of nitrogens with one attached hydrogen (secondary N) is 1. The predicted molar refractivity (Wildman–Crippen MR) is 79.4 cm³/mol. The van der Waals surface area contributed by atoms with Crippen molar-refractivity contribution in [3.8, 4) is 0 Å². The van der Waals surface area contributed by atoms with E-state index in [2.05, 4.69) is 36.1 Å². The normalized spacial score (nSPS) is 14.7. The first-order valence-corrected chi connectivity index (χ1v) is 7.12. The van der Waals surface area contributed by atoms with Gasteiger partial charge in [-0.1, -0.05) is 6.92 Å². The quantitative estimate of drug-likeness (QED) is 0.597. The third-order valence-corrected chi connectivity index (χ3v) is 3.34. The van der Waals surface area contributed by atoms with Crippen LogP contribution in [0.4, 0.5) is 0 Å². The van der Waals surface area contributed by atoms with Gasteiger partial charge >= 0.3 is 5.97 Å². The summed E-state index contributed by atoms with van der Waals surface area (Å²) in [6.07, 6.45) is 1.10. The van der Waals surface area contributed by atoms with Crippen molar-refractivity contribution in [2.75, 3.05) is 53.9 Å². The average molecular weight is 273 g/mol. The average Bonchev–Trinajstić information content (AvgIpc) is 2.37. The van der Waals surface area contributed by atoms with Crippen molar-refractivity contribution in [3.63, 3.8) is 0 Å². The van der Waals surface area contributed by atoms with Crippen LogP contribution in [0.5, 0.6) is 0 Å². The van der Waals surface area contributed by atoms with Crippen molar-refractivity contribution in [1.29, 1.82) is 0 Å². The zero-order chi connectivity index (χ0) is 14.9. The molecule has 0 bridgehead atoms. The van der Waals surface area contributed by atoms with Crippen LogP contribution in [0.2, 0.25) is 0 Å². The second kappa shape index (κ2) is 9.28. The maximum Gasteiger partial charge on any atom is 0.327 e. The second-order valence-electron chi connectivity index (χ2n) is 5.33. The molecule has 0 aliphatic rings. The van der Waals surface area contributed by atoms with Crippen LogP contribution < -0.4 is 5.32 Å². The molecule has 19 heavy (non-hydrogen) atoms. The summed E-state index contributed by atoms with van der Waals surface area (Å²) in [5.41, 5.74) is -0.635. The Morgan fingerprint density at radius 2 is 1.89 bits per heavy atom. The minimum Gasteiger partial charge on any atom is -0.465 e. The Morgan fingerprint density at radius 3 is 2.32 bits per heavy atom. The Morgan fingerprint density at radius 1 is 1.26 bits per heavy atom. The van der Waals surface area contributed by atoms with Crippen LogP contribution in [0.1, 0.15) is 27.2 Å². The zero-order valence-electron chi connectivity index (χ0n) is 13.5. The van der Waals surface area contributed by atoms with Gasteiger partial charge in [-0.15, -0.1) is 0 Å². The molecule has 0 aromatic heterocycles. The smallest absolute Gasteiger partial charge is 0.327 e. The number of ether oxygens (including phenoxy) is 1. The van der Waals surface area contributed by atoms with Crippen molar-refractivity contribution in [3.05, 3.63) is 0 Å². The molecule has 0 rings (SSSR count). The molecule has 0 fully saturated rings. The van der Waals surface area contributed by atoms with Gasteiger partial charge < -0.3 is 19.9 Å². The Balaban J connectivity index is 4.41. The molecule has 114 valence electrons. The lowest BCUT2D eigenvalue weighted by Crippen LogP contribution is -2.56. The fourth-order valence-corrected chi connectivity index (χ4v) is 1.94. The summed E-state index contributed by atoms with van der Waals surface area (Å²) >= 11 is 0. The topological polar surface area (TPSA) is 44.8 Å². The van der Waals surface area contributed by atoms with Crippen molar-refractivity contribution in [2.45, 2.75) is 32.7 Å². The molecule has 5 heteroatoms. The van der Waals surface area contributed by atoms with Crippen LogP contribution in [0, 0.1) is 0 Å². The van der Waals surface area contributed by atoms with Gasteiger partial charge in [0.05, 0.1) is 6.61 Å². The van der Waals surface area contributed by atoms with Gasteiger partial charge in [0.2, 0.25) is 0 Å². The predicted octanol–water partition coefficient (Wildman–Crippen LogP) is 0.801. The third-order valence-electron chi connectivity index (χ3n) is 3.34. The van der Waals surface area contributed by atoms with E-state index in [0.29, 0.717) is 13.2 Å². The molecule has 1 atom stereocenters. The number of hydrogen-bond donors (Lipinski definition) is 1. The Kier molecular flexibility index (Phi) is 8.97. The van der Waals surface area contributed by atoms with Gasteiger partial charge in [-0.25, -0.2) is 0 Å². The lowest BCUT2D eigenvalue weighted by Gasteiger charge is -2.33. The Labute approximate surface area is 118 Å². The van der Waals surface area contributed by atoms with Gasteiger partial charge in [-0.05, 0) is 61.0 Å². The van der Waals surface area contributed by atoms with Crippen molar-refractivity contribution >= 4 is 5.97 Å². The number of carbonyl (C=O) groups excluding carboxylic acids is 1. The third kappa shape index (κ3) is 6.89. The summed E-state index contributed by atoms with van der Waals surface area (Å²) in [6.45, 7) is 9.94. The first-order valence-electron chi connectivity index (χ1n) is 7.12. The first-order chi connectivity index (χ1) is 8.89. The number of likely N-dealkylation sites (N-methyl/N-ethyl adjacent to an activating group) is 2. The molecule has 1 unspecified atom stereocenters. The van der Waals surface area contributed by atoms with Crippen LogP contribution >= 0.6 is 0 Å². The van der Waals surface area contributed by atoms with Crippen LogP contribution in [-0.4, -0.2) is 75.2 Å². The van der Waals surface area contributed by atoms with Crippen LogP contribution in [0.25, 0.3) is 0 Å². The second-order valence-corrected chi connectivity index (χ2v) is 5.33. The van der Waals surface area contributed by atoms with Gasteiger partial charge in [0.15, 0.2) is 0 Å². The number of hydrogen-bond acceptors (Lipinski definition) is 5. The molecule has 0 aliphatic heterocycles. The highest BCUT2D eigenvalue weighted by Crippen LogP contribution is 2.10. The van der Waals surface area contributed by atoms with Gasteiger partial charge in [0.25, 0.3) is 0 Å². The van der Waals surface area contributed by atoms with E-state index in [9.17, 15) is 4.79 Å². The largest absolute Gasteiger partial charge is 0.465 e. The molecule has 0 aromatic carbocycles. The standard InChI is InChI=1S/C14H31N3O2/c1-7-17(11-9-10-16(5)6)12-14(3,15-4)13(18)19-8-2/h15H,7-12H2,1-6H3. The van der Waals surface area contributed by atoms with E-state index >= 15 is 0 Å².